The molecule has 7 nitrogen and oxygen atoms in total. The number of aryl methyl sites for hydroxylation is 1. The van der Waals surface area contributed by atoms with E-state index in [0.29, 0.717) is 11.4 Å². The van der Waals surface area contributed by atoms with E-state index in [-0.39, 0.29) is 6.54 Å². The van der Waals surface area contributed by atoms with Crippen LogP contribution in [0.3, 0.4) is 0 Å². The number of nitrogens with one attached hydrogen (secondary N) is 1. The summed E-state index contributed by atoms with van der Waals surface area (Å²) >= 11 is 0. The van der Waals surface area contributed by atoms with Crippen LogP contribution in [-0.2, 0) is 11.3 Å². The van der Waals surface area contributed by atoms with Gasteiger partial charge in [0.15, 0.2) is 0 Å². The van der Waals surface area contributed by atoms with Gasteiger partial charge in [-0.2, -0.15) is 0 Å². The third-order valence-electron chi connectivity index (χ3n) is 2.93. The maximum atomic E-state index is 12.0. The smallest absolute Gasteiger partial charge is 0.325 e. The van der Waals surface area contributed by atoms with Gasteiger partial charge >= 0.3 is 11.2 Å². The average molecular weight is 287 g/mol. The second kappa shape index (κ2) is 6.00. The molecule has 108 valence electrons. The lowest BCUT2D eigenvalue weighted by Crippen LogP contribution is -2.30. The van der Waals surface area contributed by atoms with Crippen molar-refractivity contribution < 1.29 is 9.72 Å². The van der Waals surface area contributed by atoms with Crippen LogP contribution < -0.4 is 10.9 Å². The Bertz CT molecular complexity index is 738. The van der Waals surface area contributed by atoms with E-state index >= 15 is 0 Å². The lowest BCUT2D eigenvalue weighted by molar-refractivity contribution is -0.386. The molecule has 0 aliphatic carbocycles. The molecular formula is C14H13N3O4. The topological polar surface area (TPSA) is 94.2 Å². The molecule has 0 aliphatic heterocycles. The first kappa shape index (κ1) is 14.4. The van der Waals surface area contributed by atoms with Gasteiger partial charge in [-0.1, -0.05) is 18.2 Å². The van der Waals surface area contributed by atoms with Crippen molar-refractivity contribution in [2.75, 3.05) is 5.32 Å². The summed E-state index contributed by atoms with van der Waals surface area (Å²) in [6.45, 7) is 1.34. The summed E-state index contributed by atoms with van der Waals surface area (Å²) in [5, 5.41) is 13.4. The Morgan fingerprint density at radius 3 is 2.52 bits per heavy atom. The van der Waals surface area contributed by atoms with Crippen molar-refractivity contribution in [3.8, 4) is 0 Å². The SMILES string of the molecule is Cc1ccc([N+](=O)[O-])c(=O)n1CC(=O)Nc1ccccc1. The minimum absolute atomic E-state index is 0.277. The Balaban J connectivity index is 2.23. The maximum Gasteiger partial charge on any atom is 0.334 e. The molecule has 0 saturated heterocycles. The minimum atomic E-state index is -0.789. The second-order valence-electron chi connectivity index (χ2n) is 4.42. The zero-order valence-electron chi connectivity index (χ0n) is 11.3. The van der Waals surface area contributed by atoms with Crippen molar-refractivity contribution >= 4 is 17.3 Å². The van der Waals surface area contributed by atoms with Crippen molar-refractivity contribution in [1.29, 1.82) is 0 Å². The number of nitro groups is 1. The molecule has 0 saturated carbocycles. The highest BCUT2D eigenvalue weighted by Gasteiger charge is 2.17. The second-order valence-corrected chi connectivity index (χ2v) is 4.42. The summed E-state index contributed by atoms with van der Waals surface area (Å²) in [5.41, 5.74) is -0.260. The first-order valence-corrected chi connectivity index (χ1v) is 6.19. The molecule has 0 radical (unpaired) electrons. The van der Waals surface area contributed by atoms with Gasteiger partial charge in [0.05, 0.1) is 4.92 Å². The van der Waals surface area contributed by atoms with Crippen molar-refractivity contribution in [3.63, 3.8) is 0 Å². The van der Waals surface area contributed by atoms with Gasteiger partial charge in [0, 0.05) is 17.4 Å². The molecular weight excluding hydrogens is 274 g/mol. The van der Waals surface area contributed by atoms with Gasteiger partial charge in [-0.05, 0) is 25.1 Å². The van der Waals surface area contributed by atoms with Crippen molar-refractivity contribution in [1.82, 2.24) is 4.57 Å². The number of amides is 1. The molecule has 1 aromatic carbocycles. The van der Waals surface area contributed by atoms with Crippen LogP contribution >= 0.6 is 0 Å². The van der Waals surface area contributed by atoms with Crippen LogP contribution in [0, 0.1) is 17.0 Å². The summed E-state index contributed by atoms with van der Waals surface area (Å²) in [5.74, 6) is -0.424. The zero-order chi connectivity index (χ0) is 15.4. The van der Waals surface area contributed by atoms with Crippen LogP contribution in [0.1, 0.15) is 5.69 Å². The van der Waals surface area contributed by atoms with Crippen LogP contribution in [0.5, 0.6) is 0 Å². The van der Waals surface area contributed by atoms with Gasteiger partial charge in [-0.3, -0.25) is 24.3 Å². The number of hydrogen-bond acceptors (Lipinski definition) is 4. The summed E-state index contributed by atoms with van der Waals surface area (Å²) < 4.78 is 1.08. The maximum absolute atomic E-state index is 12.0. The van der Waals surface area contributed by atoms with Crippen LogP contribution in [0.15, 0.2) is 47.3 Å². The van der Waals surface area contributed by atoms with Gasteiger partial charge < -0.3 is 5.32 Å². The quantitative estimate of drug-likeness (QED) is 0.684. The van der Waals surface area contributed by atoms with E-state index in [1.165, 1.54) is 6.07 Å². The van der Waals surface area contributed by atoms with Crippen LogP contribution in [0.4, 0.5) is 11.4 Å². The van der Waals surface area contributed by atoms with E-state index in [2.05, 4.69) is 5.32 Å². The molecule has 0 fully saturated rings. The molecule has 1 aromatic heterocycles. The highest BCUT2D eigenvalue weighted by Crippen LogP contribution is 2.08. The Morgan fingerprint density at radius 1 is 1.24 bits per heavy atom. The van der Waals surface area contributed by atoms with E-state index in [4.69, 9.17) is 0 Å². The molecule has 1 heterocycles. The van der Waals surface area contributed by atoms with Crippen molar-refractivity contribution in [3.05, 3.63) is 68.6 Å². The lowest BCUT2D eigenvalue weighted by atomic mass is 10.3. The number of aromatic nitrogens is 1. The normalized spacial score (nSPS) is 10.1. The van der Waals surface area contributed by atoms with Crippen molar-refractivity contribution in [2.45, 2.75) is 13.5 Å². The number of para-hydroxylation sites is 1. The number of rotatable bonds is 4. The molecule has 1 amide bonds. The fourth-order valence-electron chi connectivity index (χ4n) is 1.86. The predicted octanol–water partition coefficient (Wildman–Crippen LogP) is 1.70. The Kier molecular flexibility index (Phi) is 4.13. The number of benzene rings is 1. The summed E-state index contributed by atoms with van der Waals surface area (Å²) in [6, 6.07) is 11.3. The van der Waals surface area contributed by atoms with Crippen LogP contribution in [0.25, 0.3) is 0 Å². The lowest BCUT2D eigenvalue weighted by Gasteiger charge is -2.10. The number of hydrogen-bond donors (Lipinski definition) is 1. The predicted molar refractivity (Wildman–Crippen MR) is 77.2 cm³/mol. The van der Waals surface area contributed by atoms with Crippen molar-refractivity contribution in [2.24, 2.45) is 0 Å². The van der Waals surface area contributed by atoms with Crippen LogP contribution in [0.2, 0.25) is 0 Å². The van der Waals surface area contributed by atoms with Gasteiger partial charge in [0.1, 0.15) is 6.54 Å². The molecule has 7 heteroatoms. The Hall–Kier alpha value is -2.96. The first-order valence-electron chi connectivity index (χ1n) is 6.19. The number of nitrogens with zero attached hydrogens (tertiary/aromatic N) is 2. The highest BCUT2D eigenvalue weighted by molar-refractivity contribution is 5.90. The third-order valence-corrected chi connectivity index (χ3v) is 2.93. The molecule has 2 rings (SSSR count). The molecule has 1 N–H and O–H groups in total. The molecule has 0 bridgehead atoms. The standard InChI is InChI=1S/C14H13N3O4/c1-10-7-8-12(17(20)21)14(19)16(10)9-13(18)15-11-5-3-2-4-6-11/h2-8H,9H2,1H3,(H,15,18). The number of carbonyl (C=O) groups is 1. The summed E-state index contributed by atoms with van der Waals surface area (Å²) in [4.78, 5) is 33.9. The Morgan fingerprint density at radius 2 is 1.90 bits per heavy atom. The molecule has 0 aliphatic rings. The zero-order valence-corrected chi connectivity index (χ0v) is 11.3. The fraction of sp³-hybridized carbons (Fsp3) is 0.143. The summed E-state index contributed by atoms with van der Waals surface area (Å²) in [7, 11) is 0. The van der Waals surface area contributed by atoms with E-state index < -0.39 is 22.1 Å². The fourth-order valence-corrected chi connectivity index (χ4v) is 1.86. The van der Waals surface area contributed by atoms with Gasteiger partial charge in [0.25, 0.3) is 0 Å². The molecule has 21 heavy (non-hydrogen) atoms. The molecule has 2 aromatic rings. The number of carbonyl (C=O) groups excluding carboxylic acids is 1. The molecule has 0 unspecified atom stereocenters. The van der Waals surface area contributed by atoms with Gasteiger partial charge in [-0.15, -0.1) is 0 Å². The first-order chi connectivity index (χ1) is 9.99. The van der Waals surface area contributed by atoms with E-state index in [1.807, 2.05) is 6.07 Å². The van der Waals surface area contributed by atoms with E-state index in [1.54, 1.807) is 31.2 Å². The van der Waals surface area contributed by atoms with Crippen LogP contribution in [-0.4, -0.2) is 15.4 Å². The third kappa shape index (κ3) is 3.33. The number of anilines is 1. The molecule has 0 atom stereocenters. The Labute approximate surface area is 120 Å². The highest BCUT2D eigenvalue weighted by atomic mass is 16.6. The van der Waals surface area contributed by atoms with Gasteiger partial charge in [-0.25, -0.2) is 0 Å². The average Bonchev–Trinajstić information content (AvgIpc) is 2.44. The van der Waals surface area contributed by atoms with E-state index in [9.17, 15) is 19.7 Å². The van der Waals surface area contributed by atoms with Gasteiger partial charge in [0.2, 0.25) is 5.91 Å². The largest absolute Gasteiger partial charge is 0.334 e. The van der Waals surface area contributed by atoms with E-state index in [0.717, 1.165) is 10.6 Å². The monoisotopic (exact) mass is 287 g/mol. The summed E-state index contributed by atoms with van der Waals surface area (Å²) in [6.07, 6.45) is 0. The molecule has 0 spiro atoms. The number of pyridine rings is 1. The minimum Gasteiger partial charge on any atom is -0.325 e.